The lowest BCUT2D eigenvalue weighted by Gasteiger charge is -1.98. The van der Waals surface area contributed by atoms with Crippen LogP contribution in [0.4, 0.5) is 4.39 Å². The quantitative estimate of drug-likeness (QED) is 0.446. The van der Waals surface area contributed by atoms with E-state index in [4.69, 9.17) is 7.85 Å². The average molecular weight is 120 g/mol. The monoisotopic (exact) mass is 120 g/mol. The smallest absolute Gasteiger partial charge is 0.125 e. The first kappa shape index (κ1) is 6.34. The maximum atomic E-state index is 12.5. The summed E-state index contributed by atoms with van der Waals surface area (Å²) in [7, 11) is 5.38. The first-order valence-electron chi connectivity index (χ1n) is 2.72. The summed E-state index contributed by atoms with van der Waals surface area (Å²) >= 11 is 0. The topological polar surface area (TPSA) is 0 Å². The van der Waals surface area contributed by atoms with Crippen LogP contribution < -0.4 is 5.46 Å². The Morgan fingerprint density at radius 2 is 2.11 bits per heavy atom. The molecule has 0 N–H and O–H groups in total. The van der Waals surface area contributed by atoms with Gasteiger partial charge in [-0.25, -0.2) is 4.39 Å². The highest BCUT2D eigenvalue weighted by Crippen LogP contribution is 1.99. The highest BCUT2D eigenvalue weighted by molar-refractivity contribution is 6.33. The van der Waals surface area contributed by atoms with Gasteiger partial charge in [0.25, 0.3) is 0 Å². The van der Waals surface area contributed by atoms with E-state index >= 15 is 0 Å². The highest BCUT2D eigenvalue weighted by atomic mass is 19.1. The molecule has 0 bridgehead atoms. The van der Waals surface area contributed by atoms with Crippen LogP contribution in [-0.4, -0.2) is 7.85 Å². The minimum atomic E-state index is -0.241. The summed E-state index contributed by atoms with van der Waals surface area (Å²) in [6, 6.07) is 4.67. The fourth-order valence-electron chi connectivity index (χ4n) is 0.624. The Kier molecular flexibility index (Phi) is 1.56. The minimum absolute atomic E-state index is 0.241. The summed E-state index contributed by atoms with van der Waals surface area (Å²) in [5.41, 5.74) is 1.03. The van der Waals surface area contributed by atoms with Crippen LogP contribution in [0.25, 0.3) is 0 Å². The van der Waals surface area contributed by atoms with Crippen molar-refractivity contribution >= 4 is 13.3 Å². The molecule has 0 aliphatic rings. The van der Waals surface area contributed by atoms with E-state index in [9.17, 15) is 4.39 Å². The largest absolute Gasteiger partial charge is 0.207 e. The lowest BCUT2D eigenvalue weighted by molar-refractivity contribution is 0.620. The van der Waals surface area contributed by atoms with Crippen molar-refractivity contribution in [3.63, 3.8) is 0 Å². The van der Waals surface area contributed by atoms with Gasteiger partial charge in [0.1, 0.15) is 13.7 Å². The second kappa shape index (κ2) is 2.22. The lowest BCUT2D eigenvalue weighted by atomic mass is 9.91. The molecular weight excluding hydrogens is 114 g/mol. The Balaban J connectivity index is 3.25. The number of hydrogen-bond donors (Lipinski definition) is 0. The summed E-state index contributed by atoms with van der Waals surface area (Å²) in [6.45, 7) is 1.66. The summed E-state index contributed by atoms with van der Waals surface area (Å²) in [5.74, 6) is -0.241. The highest BCUT2D eigenvalue weighted by Gasteiger charge is 1.95. The summed E-state index contributed by atoms with van der Waals surface area (Å²) < 4.78 is 12.5. The predicted octanol–water partition coefficient (Wildman–Crippen LogP) is 0.928. The molecule has 0 amide bonds. The van der Waals surface area contributed by atoms with Crippen molar-refractivity contribution < 1.29 is 4.39 Å². The van der Waals surface area contributed by atoms with Crippen LogP contribution in [0.3, 0.4) is 0 Å². The SMILES string of the molecule is [B]c1cccc(F)c1C. The van der Waals surface area contributed by atoms with Gasteiger partial charge in [-0.3, -0.25) is 0 Å². The molecule has 0 unspecified atom stereocenters. The molecule has 0 spiro atoms. The zero-order valence-electron chi connectivity index (χ0n) is 5.19. The van der Waals surface area contributed by atoms with E-state index in [2.05, 4.69) is 0 Å². The van der Waals surface area contributed by atoms with Crippen molar-refractivity contribution in [1.29, 1.82) is 0 Å². The lowest BCUT2D eigenvalue weighted by Crippen LogP contribution is -2.07. The molecule has 0 saturated heterocycles. The van der Waals surface area contributed by atoms with Gasteiger partial charge < -0.3 is 0 Å². The van der Waals surface area contributed by atoms with Crippen LogP contribution in [0, 0.1) is 12.7 Å². The summed E-state index contributed by atoms with van der Waals surface area (Å²) in [6.07, 6.45) is 0. The Labute approximate surface area is 55.1 Å². The van der Waals surface area contributed by atoms with Gasteiger partial charge in [0.15, 0.2) is 0 Å². The van der Waals surface area contributed by atoms with Gasteiger partial charge in [0.2, 0.25) is 0 Å². The second-order valence-corrected chi connectivity index (χ2v) is 1.95. The number of benzene rings is 1. The molecule has 0 heterocycles. The molecule has 0 atom stereocenters. The van der Waals surface area contributed by atoms with E-state index < -0.39 is 0 Å². The molecule has 1 aromatic carbocycles. The summed E-state index contributed by atoms with van der Waals surface area (Å²) in [5, 5.41) is 0. The van der Waals surface area contributed by atoms with Crippen molar-refractivity contribution in [2.75, 3.05) is 0 Å². The van der Waals surface area contributed by atoms with Gasteiger partial charge in [0, 0.05) is 0 Å². The molecular formula is C7H6BF. The van der Waals surface area contributed by atoms with E-state index in [1.54, 1.807) is 19.1 Å². The zero-order chi connectivity index (χ0) is 6.85. The predicted molar refractivity (Wildman–Crippen MR) is 36.5 cm³/mol. The first-order chi connectivity index (χ1) is 4.22. The van der Waals surface area contributed by atoms with Crippen LogP contribution in [-0.2, 0) is 0 Å². The maximum Gasteiger partial charge on any atom is 0.125 e. The Morgan fingerprint density at radius 1 is 1.44 bits per heavy atom. The van der Waals surface area contributed by atoms with Crippen LogP contribution in [0.1, 0.15) is 5.56 Å². The molecule has 1 aromatic rings. The Morgan fingerprint density at radius 3 is 2.56 bits per heavy atom. The Hall–Kier alpha value is -0.785. The third-order valence-corrected chi connectivity index (χ3v) is 1.31. The Bertz CT molecular complexity index is 200. The van der Waals surface area contributed by atoms with E-state index in [1.165, 1.54) is 6.07 Å². The third kappa shape index (κ3) is 1.12. The molecule has 44 valence electrons. The summed E-state index contributed by atoms with van der Waals surface area (Å²) in [4.78, 5) is 0. The van der Waals surface area contributed by atoms with Gasteiger partial charge in [-0.15, -0.1) is 0 Å². The average Bonchev–Trinajstić information content (AvgIpc) is 1.83. The van der Waals surface area contributed by atoms with Crippen molar-refractivity contribution in [2.24, 2.45) is 0 Å². The van der Waals surface area contributed by atoms with Gasteiger partial charge in [-0.1, -0.05) is 17.6 Å². The van der Waals surface area contributed by atoms with E-state index in [0.717, 1.165) is 0 Å². The maximum absolute atomic E-state index is 12.5. The van der Waals surface area contributed by atoms with Crippen molar-refractivity contribution in [2.45, 2.75) is 6.92 Å². The standard InChI is InChI=1S/C7H6BF/c1-5-6(8)3-2-4-7(5)9/h2-4H,1H3. The van der Waals surface area contributed by atoms with Crippen molar-refractivity contribution in [1.82, 2.24) is 0 Å². The molecule has 0 aliphatic heterocycles. The first-order valence-corrected chi connectivity index (χ1v) is 2.72. The molecule has 0 saturated carbocycles. The molecule has 0 nitrogen and oxygen atoms in total. The van der Waals surface area contributed by atoms with Crippen molar-refractivity contribution in [3.8, 4) is 0 Å². The van der Waals surface area contributed by atoms with Crippen LogP contribution in [0.15, 0.2) is 18.2 Å². The van der Waals surface area contributed by atoms with E-state index in [1.807, 2.05) is 0 Å². The van der Waals surface area contributed by atoms with Gasteiger partial charge >= 0.3 is 0 Å². The molecule has 0 aliphatic carbocycles. The van der Waals surface area contributed by atoms with Crippen molar-refractivity contribution in [3.05, 3.63) is 29.6 Å². The normalized spacial score (nSPS) is 9.56. The molecule has 2 radical (unpaired) electrons. The molecule has 9 heavy (non-hydrogen) atoms. The van der Waals surface area contributed by atoms with E-state index in [0.29, 0.717) is 11.0 Å². The number of halogens is 1. The van der Waals surface area contributed by atoms with Gasteiger partial charge in [-0.05, 0) is 18.6 Å². The molecule has 2 heteroatoms. The van der Waals surface area contributed by atoms with Gasteiger partial charge in [0.05, 0.1) is 0 Å². The fourth-order valence-corrected chi connectivity index (χ4v) is 0.624. The van der Waals surface area contributed by atoms with E-state index in [-0.39, 0.29) is 5.82 Å². The number of hydrogen-bond acceptors (Lipinski definition) is 0. The van der Waals surface area contributed by atoms with Crippen LogP contribution in [0.5, 0.6) is 0 Å². The van der Waals surface area contributed by atoms with Gasteiger partial charge in [-0.2, -0.15) is 0 Å². The zero-order valence-corrected chi connectivity index (χ0v) is 5.19. The molecule has 0 fully saturated rings. The van der Waals surface area contributed by atoms with Crippen LogP contribution in [0.2, 0.25) is 0 Å². The molecule has 0 aromatic heterocycles. The second-order valence-electron chi connectivity index (χ2n) is 1.95. The van der Waals surface area contributed by atoms with Crippen LogP contribution >= 0.6 is 0 Å². The fraction of sp³-hybridized carbons (Fsp3) is 0.143. The molecule has 1 rings (SSSR count). The third-order valence-electron chi connectivity index (χ3n) is 1.31. The minimum Gasteiger partial charge on any atom is -0.207 e. The number of rotatable bonds is 0.